The van der Waals surface area contributed by atoms with Crippen molar-refractivity contribution in [3.8, 4) is 0 Å². The monoisotopic (exact) mass is 269 g/mol. The summed E-state index contributed by atoms with van der Waals surface area (Å²) in [6.07, 6.45) is 3.22. The van der Waals surface area contributed by atoms with Crippen molar-refractivity contribution in [3.05, 3.63) is 0 Å². The van der Waals surface area contributed by atoms with Gasteiger partial charge in [0, 0.05) is 38.6 Å². The Labute approximate surface area is 118 Å². The minimum atomic E-state index is 0.269. The van der Waals surface area contributed by atoms with Gasteiger partial charge in [-0.2, -0.15) is 0 Å². The van der Waals surface area contributed by atoms with Crippen LogP contribution in [0.4, 0.5) is 0 Å². The van der Waals surface area contributed by atoms with Crippen molar-refractivity contribution in [1.82, 2.24) is 15.1 Å². The predicted molar refractivity (Wildman–Crippen MR) is 80.2 cm³/mol. The Morgan fingerprint density at radius 2 is 2.11 bits per heavy atom. The molecule has 0 aromatic heterocycles. The number of amides is 1. The standard InChI is InChI=1S/C15H31N3O/c1-5-18(6-2)15(19)9-10-16-13(3)14-8-7-11-17(4)12-14/h13-14,16H,5-12H2,1-4H3. The average Bonchev–Trinajstić information content (AvgIpc) is 2.40. The van der Waals surface area contributed by atoms with Crippen LogP contribution in [0.25, 0.3) is 0 Å². The van der Waals surface area contributed by atoms with E-state index in [-0.39, 0.29) is 5.91 Å². The van der Waals surface area contributed by atoms with Crippen molar-refractivity contribution >= 4 is 5.91 Å². The summed E-state index contributed by atoms with van der Waals surface area (Å²) < 4.78 is 0. The highest BCUT2D eigenvalue weighted by molar-refractivity contribution is 5.76. The van der Waals surface area contributed by atoms with Crippen LogP contribution in [0.3, 0.4) is 0 Å². The van der Waals surface area contributed by atoms with Crippen LogP contribution in [0, 0.1) is 5.92 Å². The molecule has 1 aliphatic rings. The molecule has 1 saturated heterocycles. The molecule has 2 unspecified atom stereocenters. The molecule has 1 fully saturated rings. The van der Waals surface area contributed by atoms with E-state index in [1.54, 1.807) is 0 Å². The largest absolute Gasteiger partial charge is 0.343 e. The Hall–Kier alpha value is -0.610. The maximum Gasteiger partial charge on any atom is 0.223 e. The van der Waals surface area contributed by atoms with E-state index in [9.17, 15) is 4.79 Å². The van der Waals surface area contributed by atoms with E-state index in [2.05, 4.69) is 24.2 Å². The molecule has 1 aliphatic heterocycles. The molecule has 1 amide bonds. The molecule has 0 aromatic rings. The Balaban J connectivity index is 2.22. The minimum absolute atomic E-state index is 0.269. The van der Waals surface area contributed by atoms with E-state index in [4.69, 9.17) is 0 Å². The third-order valence-electron chi connectivity index (χ3n) is 4.29. The van der Waals surface area contributed by atoms with E-state index in [0.717, 1.165) is 25.6 Å². The SMILES string of the molecule is CCN(CC)C(=O)CCNC(C)C1CCCN(C)C1. The summed E-state index contributed by atoms with van der Waals surface area (Å²) in [5, 5.41) is 3.53. The highest BCUT2D eigenvalue weighted by Crippen LogP contribution is 2.18. The number of piperidine rings is 1. The quantitative estimate of drug-likeness (QED) is 0.762. The fourth-order valence-corrected chi connectivity index (χ4v) is 2.92. The summed E-state index contributed by atoms with van der Waals surface area (Å²) in [6.45, 7) is 11.2. The fraction of sp³-hybridized carbons (Fsp3) is 0.933. The normalized spacial score (nSPS) is 22.2. The van der Waals surface area contributed by atoms with Gasteiger partial charge >= 0.3 is 0 Å². The first-order valence-electron chi connectivity index (χ1n) is 7.78. The van der Waals surface area contributed by atoms with Crippen LogP contribution in [-0.4, -0.2) is 61.5 Å². The van der Waals surface area contributed by atoms with E-state index in [0.29, 0.717) is 12.5 Å². The average molecular weight is 269 g/mol. The van der Waals surface area contributed by atoms with Crippen LogP contribution >= 0.6 is 0 Å². The van der Waals surface area contributed by atoms with E-state index in [1.165, 1.54) is 25.9 Å². The summed E-state index contributed by atoms with van der Waals surface area (Å²) in [7, 11) is 2.20. The summed E-state index contributed by atoms with van der Waals surface area (Å²) in [4.78, 5) is 16.2. The second-order valence-electron chi connectivity index (χ2n) is 5.72. The number of rotatable bonds is 7. The van der Waals surface area contributed by atoms with Crippen molar-refractivity contribution in [2.75, 3.05) is 39.8 Å². The van der Waals surface area contributed by atoms with Crippen LogP contribution in [0.1, 0.15) is 40.0 Å². The molecular formula is C15H31N3O. The number of carbonyl (C=O) groups is 1. The van der Waals surface area contributed by atoms with Gasteiger partial charge in [-0.05, 0) is 53.1 Å². The van der Waals surface area contributed by atoms with Crippen LogP contribution in [0.2, 0.25) is 0 Å². The van der Waals surface area contributed by atoms with Crippen molar-refractivity contribution < 1.29 is 4.79 Å². The van der Waals surface area contributed by atoms with E-state index in [1.807, 2.05) is 18.7 Å². The lowest BCUT2D eigenvalue weighted by Gasteiger charge is -2.34. The molecule has 112 valence electrons. The Morgan fingerprint density at radius 1 is 1.42 bits per heavy atom. The van der Waals surface area contributed by atoms with Gasteiger partial charge < -0.3 is 15.1 Å². The Kier molecular flexibility index (Phi) is 7.39. The van der Waals surface area contributed by atoms with Crippen molar-refractivity contribution in [3.63, 3.8) is 0 Å². The minimum Gasteiger partial charge on any atom is -0.343 e. The third-order valence-corrected chi connectivity index (χ3v) is 4.29. The van der Waals surface area contributed by atoms with Gasteiger partial charge in [0.1, 0.15) is 0 Å². The number of nitrogens with zero attached hydrogens (tertiary/aromatic N) is 2. The zero-order chi connectivity index (χ0) is 14.3. The second kappa shape index (κ2) is 8.54. The highest BCUT2D eigenvalue weighted by atomic mass is 16.2. The maximum absolute atomic E-state index is 11.9. The zero-order valence-corrected chi connectivity index (χ0v) is 13.1. The van der Waals surface area contributed by atoms with Crippen molar-refractivity contribution in [2.24, 2.45) is 5.92 Å². The number of nitrogens with one attached hydrogen (secondary N) is 1. The molecule has 4 nitrogen and oxygen atoms in total. The number of hydrogen-bond acceptors (Lipinski definition) is 3. The van der Waals surface area contributed by atoms with Gasteiger partial charge in [-0.15, -0.1) is 0 Å². The van der Waals surface area contributed by atoms with Crippen LogP contribution in [0.5, 0.6) is 0 Å². The lowest BCUT2D eigenvalue weighted by molar-refractivity contribution is -0.130. The Bertz CT molecular complexity index is 266. The smallest absolute Gasteiger partial charge is 0.223 e. The van der Waals surface area contributed by atoms with Gasteiger partial charge in [0.05, 0.1) is 0 Å². The first-order chi connectivity index (χ1) is 9.08. The molecule has 4 heteroatoms. The van der Waals surface area contributed by atoms with E-state index < -0.39 is 0 Å². The summed E-state index contributed by atoms with van der Waals surface area (Å²) >= 11 is 0. The molecule has 0 aromatic carbocycles. The van der Waals surface area contributed by atoms with Crippen molar-refractivity contribution in [1.29, 1.82) is 0 Å². The number of hydrogen-bond donors (Lipinski definition) is 1. The summed E-state index contributed by atoms with van der Waals surface area (Å²) in [5.41, 5.74) is 0. The van der Waals surface area contributed by atoms with Crippen molar-refractivity contribution in [2.45, 2.75) is 46.1 Å². The fourth-order valence-electron chi connectivity index (χ4n) is 2.92. The molecule has 0 saturated carbocycles. The second-order valence-corrected chi connectivity index (χ2v) is 5.72. The molecule has 19 heavy (non-hydrogen) atoms. The molecule has 1 heterocycles. The molecule has 0 bridgehead atoms. The van der Waals surface area contributed by atoms with Crippen LogP contribution in [0.15, 0.2) is 0 Å². The van der Waals surface area contributed by atoms with Gasteiger partial charge in [-0.3, -0.25) is 4.79 Å². The lowest BCUT2D eigenvalue weighted by atomic mass is 9.92. The topological polar surface area (TPSA) is 35.6 Å². The predicted octanol–water partition coefficient (Wildman–Crippen LogP) is 1.56. The lowest BCUT2D eigenvalue weighted by Crippen LogP contribution is -2.44. The van der Waals surface area contributed by atoms with Gasteiger partial charge in [0.25, 0.3) is 0 Å². The summed E-state index contributed by atoms with van der Waals surface area (Å²) in [5.74, 6) is 0.993. The first kappa shape index (κ1) is 16.4. The Morgan fingerprint density at radius 3 is 2.68 bits per heavy atom. The molecule has 0 radical (unpaired) electrons. The molecule has 0 aliphatic carbocycles. The molecule has 0 spiro atoms. The van der Waals surface area contributed by atoms with Crippen LogP contribution < -0.4 is 5.32 Å². The highest BCUT2D eigenvalue weighted by Gasteiger charge is 2.22. The van der Waals surface area contributed by atoms with Gasteiger partial charge in [0.15, 0.2) is 0 Å². The van der Waals surface area contributed by atoms with Gasteiger partial charge in [0.2, 0.25) is 5.91 Å². The number of likely N-dealkylation sites (tertiary alicyclic amines) is 1. The van der Waals surface area contributed by atoms with Gasteiger partial charge in [-0.1, -0.05) is 0 Å². The van der Waals surface area contributed by atoms with Crippen LogP contribution in [-0.2, 0) is 4.79 Å². The van der Waals surface area contributed by atoms with E-state index >= 15 is 0 Å². The molecule has 1 N–H and O–H groups in total. The summed E-state index contributed by atoms with van der Waals surface area (Å²) in [6, 6.07) is 0.507. The molecule has 2 atom stereocenters. The number of carbonyl (C=O) groups excluding carboxylic acids is 1. The third kappa shape index (κ3) is 5.49. The molecular weight excluding hydrogens is 238 g/mol. The van der Waals surface area contributed by atoms with Gasteiger partial charge in [-0.25, -0.2) is 0 Å². The zero-order valence-electron chi connectivity index (χ0n) is 13.1. The molecule has 1 rings (SSSR count). The maximum atomic E-state index is 11.9. The first-order valence-corrected chi connectivity index (χ1v) is 7.78.